The number of nitrogen functional groups attached to an aromatic ring is 1. The van der Waals surface area contributed by atoms with Crippen molar-refractivity contribution >= 4 is 32.5 Å². The van der Waals surface area contributed by atoms with E-state index in [1.165, 1.54) is 14.2 Å². The van der Waals surface area contributed by atoms with Crippen molar-refractivity contribution in [3.63, 3.8) is 0 Å². The van der Waals surface area contributed by atoms with Crippen LogP contribution in [0.15, 0.2) is 52.1 Å². The first-order valence-corrected chi connectivity index (χ1v) is 12.7. The van der Waals surface area contributed by atoms with Gasteiger partial charge in [-0.15, -0.1) is 0 Å². The Labute approximate surface area is 206 Å². The van der Waals surface area contributed by atoms with Gasteiger partial charge in [0.2, 0.25) is 15.8 Å². The third-order valence-corrected chi connectivity index (χ3v) is 8.50. The lowest BCUT2D eigenvalue weighted by Gasteiger charge is -2.31. The molecule has 2 N–H and O–H groups in total. The summed E-state index contributed by atoms with van der Waals surface area (Å²) < 4.78 is 42.3. The molecule has 0 atom stereocenters. The van der Waals surface area contributed by atoms with Crippen LogP contribution in [0.4, 0.5) is 11.8 Å². The number of piperidine rings is 1. The average molecular weight is 513 g/mol. The van der Waals surface area contributed by atoms with Gasteiger partial charge in [0.15, 0.2) is 11.5 Å². The second kappa shape index (κ2) is 9.15. The fourth-order valence-corrected chi connectivity index (χ4v) is 6.20. The van der Waals surface area contributed by atoms with Crippen molar-refractivity contribution in [2.24, 2.45) is 0 Å². The molecular formula is C23H24N6O6S. The molecule has 2 aromatic carbocycles. The standard InChI is InChI=1S/C23H24N6O6S/c1-33-18-12-16-17(13-19(18)34-2)25-23(26-21(16)24)28-10-8-15(9-11-28)36(31,32)22-20(27-35-29(22)30)14-6-4-3-5-7-14/h3-7,12-13,15H,8-11H2,1-2H3,(H2,24,25,26). The van der Waals surface area contributed by atoms with E-state index in [2.05, 4.69) is 19.8 Å². The summed E-state index contributed by atoms with van der Waals surface area (Å²) in [5.41, 5.74) is 7.27. The van der Waals surface area contributed by atoms with Gasteiger partial charge in [-0.1, -0.05) is 30.3 Å². The SMILES string of the molecule is COc1cc2nc(N3CCC(S(=O)(=O)c4c(-c5ccccc5)no[n+]4[O-])CC3)nc(N)c2cc1OC. The van der Waals surface area contributed by atoms with Crippen molar-refractivity contribution in [3.05, 3.63) is 47.7 Å². The van der Waals surface area contributed by atoms with Gasteiger partial charge in [-0.25, -0.2) is 13.4 Å². The Morgan fingerprint density at radius 2 is 1.75 bits per heavy atom. The van der Waals surface area contributed by atoms with E-state index in [0.717, 1.165) is 0 Å². The summed E-state index contributed by atoms with van der Waals surface area (Å²) in [5, 5.41) is 15.4. The highest BCUT2D eigenvalue weighted by atomic mass is 32.2. The molecule has 1 fully saturated rings. The van der Waals surface area contributed by atoms with Gasteiger partial charge in [-0.05, 0) is 23.8 Å². The summed E-state index contributed by atoms with van der Waals surface area (Å²) in [7, 11) is -0.958. The number of ether oxygens (including phenoxy) is 2. The Morgan fingerprint density at radius 1 is 1.08 bits per heavy atom. The lowest BCUT2D eigenvalue weighted by Crippen LogP contribution is -2.43. The first kappa shape index (κ1) is 23.6. The van der Waals surface area contributed by atoms with Crippen LogP contribution in [0.2, 0.25) is 0 Å². The van der Waals surface area contributed by atoms with E-state index < -0.39 is 20.1 Å². The van der Waals surface area contributed by atoms with Crippen LogP contribution >= 0.6 is 0 Å². The van der Waals surface area contributed by atoms with Gasteiger partial charge in [-0.3, -0.25) is 4.63 Å². The van der Waals surface area contributed by atoms with Gasteiger partial charge in [0.25, 0.3) is 5.69 Å². The molecular weight excluding hydrogens is 488 g/mol. The third kappa shape index (κ3) is 4.00. The number of anilines is 2. The Balaban J connectivity index is 1.40. The maximum absolute atomic E-state index is 13.5. The summed E-state index contributed by atoms with van der Waals surface area (Å²) in [4.78, 5) is 10.9. The van der Waals surface area contributed by atoms with Gasteiger partial charge >= 0.3 is 5.03 Å². The molecule has 4 aromatic rings. The molecule has 1 aliphatic rings. The molecule has 0 unspecified atom stereocenters. The van der Waals surface area contributed by atoms with Crippen LogP contribution in [0.25, 0.3) is 22.2 Å². The molecule has 36 heavy (non-hydrogen) atoms. The number of hydrogen-bond donors (Lipinski definition) is 1. The topological polar surface area (TPSA) is 161 Å². The normalized spacial score (nSPS) is 14.8. The molecule has 0 aliphatic carbocycles. The molecule has 2 aromatic heterocycles. The molecule has 5 rings (SSSR count). The lowest BCUT2D eigenvalue weighted by molar-refractivity contribution is -0.832. The summed E-state index contributed by atoms with van der Waals surface area (Å²) in [6.07, 6.45) is 0.518. The molecule has 0 spiro atoms. The first-order valence-electron chi connectivity index (χ1n) is 11.2. The molecule has 1 aliphatic heterocycles. The molecule has 188 valence electrons. The van der Waals surface area contributed by atoms with Crippen LogP contribution < -0.4 is 25.0 Å². The zero-order chi connectivity index (χ0) is 25.4. The summed E-state index contributed by atoms with van der Waals surface area (Å²) in [5.74, 6) is 1.68. The van der Waals surface area contributed by atoms with Crippen molar-refractivity contribution in [2.45, 2.75) is 23.1 Å². The van der Waals surface area contributed by atoms with Crippen LogP contribution in [0.1, 0.15) is 12.8 Å². The van der Waals surface area contributed by atoms with Gasteiger partial charge in [0, 0.05) is 35.3 Å². The second-order valence-corrected chi connectivity index (χ2v) is 10.5. The van der Waals surface area contributed by atoms with Crippen molar-refractivity contribution < 1.29 is 27.4 Å². The Kier molecular flexibility index (Phi) is 6.00. The Hall–Kier alpha value is -4.13. The predicted molar refractivity (Wildman–Crippen MR) is 130 cm³/mol. The van der Waals surface area contributed by atoms with E-state index in [1.54, 1.807) is 42.5 Å². The minimum Gasteiger partial charge on any atom is -0.493 e. The number of sulfone groups is 1. The molecule has 0 radical (unpaired) electrons. The van der Waals surface area contributed by atoms with Gasteiger partial charge in [0.1, 0.15) is 5.82 Å². The summed E-state index contributed by atoms with van der Waals surface area (Å²) in [6.45, 7) is 0.708. The van der Waals surface area contributed by atoms with Crippen molar-refractivity contribution in [3.8, 4) is 22.8 Å². The van der Waals surface area contributed by atoms with Crippen LogP contribution in [0.5, 0.6) is 11.5 Å². The number of nitrogens with two attached hydrogens (primary N) is 1. The molecule has 13 heteroatoms. The first-order chi connectivity index (χ1) is 17.3. The lowest BCUT2D eigenvalue weighted by atomic mass is 10.1. The number of methoxy groups -OCH3 is 2. The smallest absolute Gasteiger partial charge is 0.317 e. The average Bonchev–Trinajstić information content (AvgIpc) is 3.30. The summed E-state index contributed by atoms with van der Waals surface area (Å²) in [6, 6.07) is 12.0. The van der Waals surface area contributed by atoms with E-state index >= 15 is 0 Å². The number of fused-ring (bicyclic) bond motifs is 1. The van der Waals surface area contributed by atoms with Gasteiger partial charge in [-0.2, -0.15) is 4.98 Å². The van der Waals surface area contributed by atoms with Crippen LogP contribution in [0.3, 0.4) is 0 Å². The predicted octanol–water partition coefficient (Wildman–Crippen LogP) is 1.96. The fraction of sp³-hybridized carbons (Fsp3) is 0.304. The van der Waals surface area contributed by atoms with E-state index in [4.69, 9.17) is 15.2 Å². The third-order valence-electron chi connectivity index (χ3n) is 6.27. The van der Waals surface area contributed by atoms with Gasteiger partial charge in [0.05, 0.1) is 25.0 Å². The molecule has 0 saturated carbocycles. The van der Waals surface area contributed by atoms with E-state index in [0.29, 0.717) is 47.0 Å². The van der Waals surface area contributed by atoms with Crippen molar-refractivity contribution in [1.29, 1.82) is 0 Å². The number of hydrogen-bond acceptors (Lipinski definition) is 11. The van der Waals surface area contributed by atoms with E-state index in [1.807, 2.05) is 4.90 Å². The van der Waals surface area contributed by atoms with Crippen LogP contribution in [-0.4, -0.2) is 56.1 Å². The number of rotatable bonds is 6. The fourth-order valence-electron chi connectivity index (χ4n) is 4.38. The molecule has 0 amide bonds. The van der Waals surface area contributed by atoms with E-state index in [9.17, 15) is 13.6 Å². The minimum atomic E-state index is -4.02. The highest BCUT2D eigenvalue weighted by Gasteiger charge is 2.41. The molecule has 12 nitrogen and oxygen atoms in total. The second-order valence-electron chi connectivity index (χ2n) is 8.31. The zero-order valence-corrected chi connectivity index (χ0v) is 20.4. The summed E-state index contributed by atoms with van der Waals surface area (Å²) >= 11 is 0. The number of nitrogens with zero attached hydrogens (tertiary/aromatic N) is 5. The molecule has 0 bridgehead atoms. The van der Waals surface area contributed by atoms with Gasteiger partial charge < -0.3 is 25.3 Å². The largest absolute Gasteiger partial charge is 0.493 e. The number of aromatic nitrogens is 4. The highest BCUT2D eigenvalue weighted by Crippen LogP contribution is 2.35. The molecule has 3 heterocycles. The van der Waals surface area contributed by atoms with E-state index in [-0.39, 0.29) is 29.3 Å². The van der Waals surface area contributed by atoms with Crippen LogP contribution in [0, 0.1) is 5.21 Å². The number of benzene rings is 2. The van der Waals surface area contributed by atoms with Crippen LogP contribution in [-0.2, 0) is 9.84 Å². The maximum atomic E-state index is 13.5. The minimum absolute atomic E-state index is 0.00282. The van der Waals surface area contributed by atoms with Crippen molar-refractivity contribution in [1.82, 2.24) is 15.1 Å². The Morgan fingerprint density at radius 3 is 2.42 bits per heavy atom. The monoisotopic (exact) mass is 512 g/mol. The zero-order valence-electron chi connectivity index (χ0n) is 19.6. The Bertz CT molecular complexity index is 1520. The molecule has 1 saturated heterocycles. The van der Waals surface area contributed by atoms with Crippen molar-refractivity contribution in [2.75, 3.05) is 37.9 Å². The quantitative estimate of drug-likeness (QED) is 0.376. The maximum Gasteiger partial charge on any atom is 0.317 e. The highest BCUT2D eigenvalue weighted by molar-refractivity contribution is 7.92.